The van der Waals surface area contributed by atoms with E-state index in [4.69, 9.17) is 0 Å². The molecule has 1 aliphatic carbocycles. The van der Waals surface area contributed by atoms with Crippen molar-refractivity contribution in [1.29, 1.82) is 0 Å². The first-order valence-electron chi connectivity index (χ1n) is 7.13. The standard InChI is InChI=1S/C16H17F3N2/c1-9-13(20-2)12-8-7-10-5-3-4-6-11(10)14(12)21-15(9)16(17,18)19/h7-8H,3-6H2,1-2H3,(H,20,21). The van der Waals surface area contributed by atoms with Gasteiger partial charge in [-0.2, -0.15) is 13.2 Å². The lowest BCUT2D eigenvalue weighted by Gasteiger charge is -2.21. The zero-order chi connectivity index (χ0) is 15.2. The van der Waals surface area contributed by atoms with Gasteiger partial charge in [0.05, 0.1) is 5.52 Å². The van der Waals surface area contributed by atoms with Crippen molar-refractivity contribution in [2.24, 2.45) is 0 Å². The van der Waals surface area contributed by atoms with Crippen LogP contribution in [0.25, 0.3) is 10.9 Å². The molecule has 21 heavy (non-hydrogen) atoms. The van der Waals surface area contributed by atoms with E-state index < -0.39 is 11.9 Å². The molecule has 1 N–H and O–H groups in total. The summed E-state index contributed by atoms with van der Waals surface area (Å²) < 4.78 is 39.7. The highest BCUT2D eigenvalue weighted by Crippen LogP contribution is 2.39. The lowest BCUT2D eigenvalue weighted by Crippen LogP contribution is -2.14. The number of fused-ring (bicyclic) bond motifs is 3. The maximum atomic E-state index is 13.2. The van der Waals surface area contributed by atoms with E-state index in [1.54, 1.807) is 7.05 Å². The first kappa shape index (κ1) is 14.2. The minimum Gasteiger partial charge on any atom is -0.387 e. The first-order chi connectivity index (χ1) is 9.93. The van der Waals surface area contributed by atoms with Gasteiger partial charge in [0.2, 0.25) is 0 Å². The highest BCUT2D eigenvalue weighted by Gasteiger charge is 2.36. The third kappa shape index (κ3) is 2.24. The van der Waals surface area contributed by atoms with Gasteiger partial charge in [0, 0.05) is 23.7 Å². The Balaban J connectivity index is 2.39. The molecule has 0 radical (unpaired) electrons. The Morgan fingerprint density at radius 1 is 1.14 bits per heavy atom. The Kier molecular flexibility index (Phi) is 3.30. The Morgan fingerprint density at radius 3 is 2.52 bits per heavy atom. The molecule has 1 aromatic carbocycles. The normalized spacial score (nSPS) is 15.1. The highest BCUT2D eigenvalue weighted by atomic mass is 19.4. The second-order valence-electron chi connectivity index (χ2n) is 5.51. The molecule has 5 heteroatoms. The van der Waals surface area contributed by atoms with Gasteiger partial charge in [-0.1, -0.05) is 12.1 Å². The second kappa shape index (κ2) is 4.90. The number of nitrogens with one attached hydrogen (secondary N) is 1. The van der Waals surface area contributed by atoms with E-state index in [1.807, 2.05) is 12.1 Å². The molecule has 0 atom stereocenters. The van der Waals surface area contributed by atoms with E-state index in [-0.39, 0.29) is 5.56 Å². The molecule has 2 aromatic rings. The smallest absolute Gasteiger partial charge is 0.387 e. The molecule has 0 saturated heterocycles. The van der Waals surface area contributed by atoms with Crippen LogP contribution in [0.2, 0.25) is 0 Å². The van der Waals surface area contributed by atoms with Crippen molar-refractivity contribution in [2.75, 3.05) is 12.4 Å². The molecule has 1 heterocycles. The van der Waals surface area contributed by atoms with Gasteiger partial charge in [-0.05, 0) is 43.7 Å². The van der Waals surface area contributed by atoms with E-state index in [2.05, 4.69) is 10.3 Å². The molecule has 0 spiro atoms. The molecular weight excluding hydrogens is 277 g/mol. The van der Waals surface area contributed by atoms with Gasteiger partial charge in [-0.15, -0.1) is 0 Å². The number of hydrogen-bond acceptors (Lipinski definition) is 2. The molecule has 0 aliphatic heterocycles. The highest BCUT2D eigenvalue weighted by molar-refractivity contribution is 5.96. The minimum atomic E-state index is -4.43. The number of pyridine rings is 1. The molecule has 2 nitrogen and oxygen atoms in total. The van der Waals surface area contributed by atoms with E-state index in [0.29, 0.717) is 11.2 Å². The van der Waals surface area contributed by atoms with Crippen LogP contribution in [0.15, 0.2) is 12.1 Å². The Labute approximate surface area is 121 Å². The number of rotatable bonds is 1. The summed E-state index contributed by atoms with van der Waals surface area (Å²) in [6.07, 6.45) is -0.588. The predicted molar refractivity (Wildman–Crippen MR) is 77.7 cm³/mol. The number of aryl methyl sites for hydroxylation is 2. The summed E-state index contributed by atoms with van der Waals surface area (Å²) in [4.78, 5) is 4.00. The van der Waals surface area contributed by atoms with Gasteiger partial charge in [-0.3, -0.25) is 0 Å². The van der Waals surface area contributed by atoms with Crippen molar-refractivity contribution < 1.29 is 13.2 Å². The van der Waals surface area contributed by atoms with E-state index in [0.717, 1.165) is 42.2 Å². The Bertz CT molecular complexity index is 705. The lowest BCUT2D eigenvalue weighted by molar-refractivity contribution is -0.141. The van der Waals surface area contributed by atoms with Crippen molar-refractivity contribution in [2.45, 2.75) is 38.8 Å². The van der Waals surface area contributed by atoms with E-state index in [1.165, 1.54) is 6.92 Å². The molecule has 0 unspecified atom stereocenters. The zero-order valence-electron chi connectivity index (χ0n) is 12.1. The molecule has 3 rings (SSSR count). The number of aromatic nitrogens is 1. The summed E-state index contributed by atoms with van der Waals surface area (Å²) in [6.45, 7) is 1.47. The maximum absolute atomic E-state index is 13.2. The fraction of sp³-hybridized carbons (Fsp3) is 0.438. The topological polar surface area (TPSA) is 24.9 Å². The molecule has 0 saturated carbocycles. The van der Waals surface area contributed by atoms with Crippen LogP contribution < -0.4 is 5.32 Å². The van der Waals surface area contributed by atoms with Crippen molar-refractivity contribution >= 4 is 16.6 Å². The number of nitrogens with zero attached hydrogens (tertiary/aromatic N) is 1. The van der Waals surface area contributed by atoms with Gasteiger partial charge in [0.15, 0.2) is 0 Å². The van der Waals surface area contributed by atoms with Crippen LogP contribution >= 0.6 is 0 Å². The molecule has 0 fully saturated rings. The van der Waals surface area contributed by atoms with Crippen LogP contribution in [0.3, 0.4) is 0 Å². The van der Waals surface area contributed by atoms with Crippen LogP contribution in [-0.4, -0.2) is 12.0 Å². The van der Waals surface area contributed by atoms with Crippen LogP contribution in [0.4, 0.5) is 18.9 Å². The summed E-state index contributed by atoms with van der Waals surface area (Å²) in [5, 5.41) is 3.70. The summed E-state index contributed by atoms with van der Waals surface area (Å²) in [7, 11) is 1.65. The van der Waals surface area contributed by atoms with Gasteiger partial charge >= 0.3 is 6.18 Å². The van der Waals surface area contributed by atoms with Gasteiger partial charge < -0.3 is 5.32 Å². The van der Waals surface area contributed by atoms with Crippen LogP contribution in [0.1, 0.15) is 35.2 Å². The molecule has 0 bridgehead atoms. The fourth-order valence-corrected chi connectivity index (χ4v) is 3.25. The lowest BCUT2D eigenvalue weighted by atomic mass is 9.89. The zero-order valence-corrected chi connectivity index (χ0v) is 12.1. The van der Waals surface area contributed by atoms with Crippen molar-refractivity contribution in [3.05, 3.63) is 34.5 Å². The first-order valence-corrected chi connectivity index (χ1v) is 7.13. The van der Waals surface area contributed by atoms with Crippen LogP contribution in [-0.2, 0) is 19.0 Å². The minimum absolute atomic E-state index is 0.160. The Morgan fingerprint density at radius 2 is 1.86 bits per heavy atom. The second-order valence-corrected chi connectivity index (χ2v) is 5.51. The Hall–Kier alpha value is -1.78. The average molecular weight is 294 g/mol. The number of alkyl halides is 3. The quantitative estimate of drug-likeness (QED) is 0.838. The summed E-state index contributed by atoms with van der Waals surface area (Å²) in [5.41, 5.74) is 2.54. The number of benzene rings is 1. The summed E-state index contributed by atoms with van der Waals surface area (Å²) in [5.74, 6) is 0. The molecule has 112 valence electrons. The van der Waals surface area contributed by atoms with Crippen molar-refractivity contribution in [3.63, 3.8) is 0 Å². The van der Waals surface area contributed by atoms with E-state index in [9.17, 15) is 13.2 Å². The number of halogens is 3. The predicted octanol–water partition coefficient (Wildman–Crippen LogP) is 4.48. The number of anilines is 1. The third-order valence-corrected chi connectivity index (χ3v) is 4.24. The van der Waals surface area contributed by atoms with Crippen molar-refractivity contribution in [3.8, 4) is 0 Å². The van der Waals surface area contributed by atoms with Crippen LogP contribution in [0.5, 0.6) is 0 Å². The van der Waals surface area contributed by atoms with E-state index >= 15 is 0 Å². The fourth-order valence-electron chi connectivity index (χ4n) is 3.25. The SMILES string of the molecule is CNc1c(C)c(C(F)(F)F)nc2c3c(ccc12)CCCC3. The third-order valence-electron chi connectivity index (χ3n) is 4.24. The maximum Gasteiger partial charge on any atom is 0.433 e. The summed E-state index contributed by atoms with van der Waals surface area (Å²) >= 11 is 0. The van der Waals surface area contributed by atoms with Crippen molar-refractivity contribution in [1.82, 2.24) is 4.98 Å². The molecule has 0 amide bonds. The molecular formula is C16H17F3N2. The van der Waals surface area contributed by atoms with Gasteiger partial charge in [-0.25, -0.2) is 4.98 Å². The molecule has 1 aliphatic rings. The largest absolute Gasteiger partial charge is 0.433 e. The van der Waals surface area contributed by atoms with Gasteiger partial charge in [0.1, 0.15) is 5.69 Å². The number of hydrogen-bond donors (Lipinski definition) is 1. The monoisotopic (exact) mass is 294 g/mol. The van der Waals surface area contributed by atoms with Crippen LogP contribution in [0, 0.1) is 6.92 Å². The molecule has 1 aromatic heterocycles. The van der Waals surface area contributed by atoms with Gasteiger partial charge in [0.25, 0.3) is 0 Å². The summed E-state index contributed by atoms with van der Waals surface area (Å²) in [6, 6.07) is 3.93. The average Bonchev–Trinajstić information content (AvgIpc) is 2.45.